The average Bonchev–Trinajstić information content (AvgIpc) is 2.27. The number of aryl methyl sites for hydroxylation is 1. The zero-order valence-electron chi connectivity index (χ0n) is 9.75. The van der Waals surface area contributed by atoms with Gasteiger partial charge in [0.2, 0.25) is 0 Å². The third-order valence-corrected chi connectivity index (χ3v) is 3.45. The lowest BCUT2D eigenvalue weighted by Crippen LogP contribution is -2.35. The highest BCUT2D eigenvalue weighted by Gasteiger charge is 2.24. The van der Waals surface area contributed by atoms with Crippen LogP contribution in [-0.4, -0.2) is 37.4 Å². The van der Waals surface area contributed by atoms with Gasteiger partial charge in [-0.25, -0.2) is 0 Å². The summed E-state index contributed by atoms with van der Waals surface area (Å²) in [6.45, 7) is 2.07. The van der Waals surface area contributed by atoms with Crippen LogP contribution in [0.25, 0.3) is 0 Å². The molecule has 0 aliphatic carbocycles. The summed E-state index contributed by atoms with van der Waals surface area (Å²) in [7, 11) is -3.89. The van der Waals surface area contributed by atoms with E-state index in [-0.39, 0.29) is 4.90 Å². The lowest BCUT2D eigenvalue weighted by atomic mass is 10.1. The fourth-order valence-corrected chi connectivity index (χ4v) is 2.04. The van der Waals surface area contributed by atoms with Crippen molar-refractivity contribution in [2.45, 2.75) is 24.3 Å². The predicted octanol–water partition coefficient (Wildman–Crippen LogP) is 0.444. The van der Waals surface area contributed by atoms with E-state index in [2.05, 4.69) is 4.18 Å². The Morgan fingerprint density at radius 3 is 2.29 bits per heavy atom. The zero-order valence-corrected chi connectivity index (χ0v) is 10.6. The Balaban J connectivity index is 2.79. The standard InChI is InChI=1S/C11H16O5S/c1-9-3-5-10(6-4-9)17(14,15)16-8-11(2,13)7-12/h3-6,12-13H,7-8H2,1-2H3/t11-/m0/s1. The fraction of sp³-hybridized carbons (Fsp3) is 0.455. The molecule has 0 amide bonds. The van der Waals surface area contributed by atoms with Crippen molar-refractivity contribution in [1.29, 1.82) is 0 Å². The van der Waals surface area contributed by atoms with E-state index in [1.165, 1.54) is 19.1 Å². The van der Waals surface area contributed by atoms with Gasteiger partial charge in [-0.1, -0.05) is 17.7 Å². The molecule has 5 nitrogen and oxygen atoms in total. The van der Waals surface area contributed by atoms with Gasteiger partial charge in [0.05, 0.1) is 18.1 Å². The van der Waals surface area contributed by atoms with Crippen LogP contribution >= 0.6 is 0 Å². The minimum absolute atomic E-state index is 0.0249. The second kappa shape index (κ2) is 5.14. The van der Waals surface area contributed by atoms with Crippen molar-refractivity contribution in [2.75, 3.05) is 13.2 Å². The van der Waals surface area contributed by atoms with Crippen LogP contribution < -0.4 is 0 Å². The van der Waals surface area contributed by atoms with Crippen LogP contribution in [-0.2, 0) is 14.3 Å². The van der Waals surface area contributed by atoms with E-state index >= 15 is 0 Å². The maximum absolute atomic E-state index is 11.7. The van der Waals surface area contributed by atoms with Gasteiger partial charge in [-0.3, -0.25) is 4.18 Å². The topological polar surface area (TPSA) is 83.8 Å². The van der Waals surface area contributed by atoms with E-state index in [1.807, 2.05) is 6.92 Å². The number of aliphatic hydroxyl groups excluding tert-OH is 1. The van der Waals surface area contributed by atoms with Crippen molar-refractivity contribution in [3.63, 3.8) is 0 Å². The first kappa shape index (κ1) is 14.1. The molecule has 0 radical (unpaired) electrons. The highest BCUT2D eigenvalue weighted by molar-refractivity contribution is 7.86. The normalized spacial score (nSPS) is 15.5. The van der Waals surface area contributed by atoms with E-state index in [4.69, 9.17) is 5.11 Å². The second-order valence-electron chi connectivity index (χ2n) is 4.18. The molecule has 0 aliphatic rings. The lowest BCUT2D eigenvalue weighted by molar-refractivity contribution is -0.0309. The minimum atomic E-state index is -3.89. The Kier molecular flexibility index (Phi) is 4.26. The summed E-state index contributed by atoms with van der Waals surface area (Å²) in [4.78, 5) is 0.0249. The Hall–Kier alpha value is -0.950. The van der Waals surface area contributed by atoms with Crippen LogP contribution in [0, 0.1) is 6.92 Å². The molecule has 0 unspecified atom stereocenters. The molecule has 0 bridgehead atoms. The van der Waals surface area contributed by atoms with Crippen LogP contribution in [0.5, 0.6) is 0 Å². The van der Waals surface area contributed by atoms with Crippen molar-refractivity contribution < 1.29 is 22.8 Å². The third-order valence-electron chi connectivity index (χ3n) is 2.18. The molecule has 96 valence electrons. The summed E-state index contributed by atoms with van der Waals surface area (Å²) in [5.74, 6) is 0. The minimum Gasteiger partial charge on any atom is -0.393 e. The monoisotopic (exact) mass is 260 g/mol. The molecule has 1 aromatic rings. The van der Waals surface area contributed by atoms with E-state index in [9.17, 15) is 13.5 Å². The average molecular weight is 260 g/mol. The molecule has 0 saturated heterocycles. The highest BCUT2D eigenvalue weighted by Crippen LogP contribution is 2.15. The molecule has 6 heteroatoms. The molecule has 0 fully saturated rings. The van der Waals surface area contributed by atoms with Crippen molar-refractivity contribution >= 4 is 10.1 Å². The molecule has 17 heavy (non-hydrogen) atoms. The van der Waals surface area contributed by atoms with E-state index < -0.39 is 28.9 Å². The van der Waals surface area contributed by atoms with Gasteiger partial charge >= 0.3 is 0 Å². The number of aliphatic hydroxyl groups is 2. The van der Waals surface area contributed by atoms with E-state index in [1.54, 1.807) is 12.1 Å². The number of rotatable bonds is 5. The van der Waals surface area contributed by atoms with E-state index in [0.29, 0.717) is 0 Å². The largest absolute Gasteiger partial charge is 0.393 e. The van der Waals surface area contributed by atoms with Gasteiger partial charge in [0.15, 0.2) is 0 Å². The number of benzene rings is 1. The summed E-state index contributed by atoms with van der Waals surface area (Å²) < 4.78 is 28.1. The van der Waals surface area contributed by atoms with Crippen LogP contribution in [0.4, 0.5) is 0 Å². The Labute approximate surface area is 101 Å². The lowest BCUT2D eigenvalue weighted by Gasteiger charge is -2.19. The molecule has 0 aliphatic heterocycles. The van der Waals surface area contributed by atoms with Crippen molar-refractivity contribution in [3.8, 4) is 0 Å². The first-order valence-corrected chi connectivity index (χ1v) is 6.47. The van der Waals surface area contributed by atoms with Gasteiger partial charge in [0.1, 0.15) is 5.60 Å². The van der Waals surface area contributed by atoms with Gasteiger partial charge in [0.25, 0.3) is 10.1 Å². The second-order valence-corrected chi connectivity index (χ2v) is 5.80. The van der Waals surface area contributed by atoms with Crippen LogP contribution in [0.1, 0.15) is 12.5 Å². The predicted molar refractivity (Wildman–Crippen MR) is 62.0 cm³/mol. The summed E-state index contributed by atoms with van der Waals surface area (Å²) in [5, 5.41) is 18.2. The smallest absolute Gasteiger partial charge is 0.297 e. The Bertz CT molecular complexity index is 461. The highest BCUT2D eigenvalue weighted by atomic mass is 32.2. The molecule has 0 heterocycles. The van der Waals surface area contributed by atoms with Gasteiger partial charge in [-0.2, -0.15) is 8.42 Å². The Morgan fingerprint density at radius 1 is 1.29 bits per heavy atom. The van der Waals surface area contributed by atoms with Crippen LogP contribution in [0.3, 0.4) is 0 Å². The number of hydrogen-bond acceptors (Lipinski definition) is 5. The SMILES string of the molecule is Cc1ccc(S(=O)(=O)OC[C@@](C)(O)CO)cc1. The molecule has 0 aromatic heterocycles. The van der Waals surface area contributed by atoms with Gasteiger partial charge in [-0.05, 0) is 26.0 Å². The molecular formula is C11H16O5S. The molecule has 1 atom stereocenters. The van der Waals surface area contributed by atoms with Crippen molar-refractivity contribution in [2.24, 2.45) is 0 Å². The summed E-state index contributed by atoms with van der Waals surface area (Å²) in [6.07, 6.45) is 0. The summed E-state index contributed by atoms with van der Waals surface area (Å²) in [5.41, 5.74) is -0.635. The molecule has 1 rings (SSSR count). The summed E-state index contributed by atoms with van der Waals surface area (Å²) in [6, 6.07) is 6.16. The Morgan fingerprint density at radius 2 is 1.82 bits per heavy atom. The summed E-state index contributed by atoms with van der Waals surface area (Å²) >= 11 is 0. The third kappa shape index (κ3) is 4.08. The fourth-order valence-electron chi connectivity index (χ4n) is 1.02. The zero-order chi connectivity index (χ0) is 13.1. The van der Waals surface area contributed by atoms with Gasteiger partial charge in [0, 0.05) is 0 Å². The van der Waals surface area contributed by atoms with Crippen molar-refractivity contribution in [3.05, 3.63) is 29.8 Å². The van der Waals surface area contributed by atoms with Crippen molar-refractivity contribution in [1.82, 2.24) is 0 Å². The molecule has 0 saturated carbocycles. The van der Waals surface area contributed by atoms with Crippen LogP contribution in [0.15, 0.2) is 29.2 Å². The maximum Gasteiger partial charge on any atom is 0.297 e. The first-order chi connectivity index (χ1) is 7.77. The molecule has 2 N–H and O–H groups in total. The number of hydrogen-bond donors (Lipinski definition) is 2. The van der Waals surface area contributed by atoms with Crippen LogP contribution in [0.2, 0.25) is 0 Å². The molecule has 0 spiro atoms. The molecular weight excluding hydrogens is 244 g/mol. The quantitative estimate of drug-likeness (QED) is 0.751. The first-order valence-electron chi connectivity index (χ1n) is 5.06. The maximum atomic E-state index is 11.7. The van der Waals surface area contributed by atoms with Gasteiger partial charge < -0.3 is 10.2 Å². The van der Waals surface area contributed by atoms with E-state index in [0.717, 1.165) is 5.56 Å². The molecule has 1 aromatic carbocycles. The van der Waals surface area contributed by atoms with Gasteiger partial charge in [-0.15, -0.1) is 0 Å².